The summed E-state index contributed by atoms with van der Waals surface area (Å²) in [7, 11) is 0. The second kappa shape index (κ2) is 4.84. The lowest BCUT2D eigenvalue weighted by Crippen LogP contribution is -2.44. The lowest BCUT2D eigenvalue weighted by molar-refractivity contribution is 0.0883. The van der Waals surface area contributed by atoms with Crippen LogP contribution in [0.1, 0.15) is 17.7 Å². The van der Waals surface area contributed by atoms with E-state index in [0.29, 0.717) is 6.54 Å². The largest absolute Gasteiger partial charge is 0.391 e. The quantitative estimate of drug-likeness (QED) is 0.789. The smallest absolute Gasteiger partial charge is 0.322 e. The third-order valence-electron chi connectivity index (χ3n) is 2.65. The monoisotopic (exact) mass is 240 g/mol. The number of thiophene rings is 1. The van der Waals surface area contributed by atoms with Crippen molar-refractivity contribution in [1.82, 2.24) is 4.90 Å². The third kappa shape index (κ3) is 2.74. The Morgan fingerprint density at radius 1 is 1.62 bits per heavy atom. The van der Waals surface area contributed by atoms with E-state index < -0.39 is 0 Å². The average Bonchev–Trinajstić information content (AvgIpc) is 2.64. The van der Waals surface area contributed by atoms with E-state index in [1.54, 1.807) is 16.2 Å². The number of aryl methyl sites for hydroxylation is 1. The minimum absolute atomic E-state index is 0.111. The van der Waals surface area contributed by atoms with Gasteiger partial charge in [-0.15, -0.1) is 11.3 Å². The van der Waals surface area contributed by atoms with Gasteiger partial charge in [-0.25, -0.2) is 4.79 Å². The Morgan fingerprint density at radius 3 is 3.06 bits per heavy atom. The van der Waals surface area contributed by atoms with Crippen LogP contribution in [0.25, 0.3) is 0 Å². The van der Waals surface area contributed by atoms with Gasteiger partial charge in [0.2, 0.25) is 0 Å². The molecule has 5 heteroatoms. The fourth-order valence-corrected chi connectivity index (χ4v) is 2.58. The van der Waals surface area contributed by atoms with Crippen molar-refractivity contribution in [3.8, 4) is 0 Å². The molecule has 88 valence electrons. The van der Waals surface area contributed by atoms with E-state index in [0.717, 1.165) is 24.4 Å². The molecule has 16 heavy (non-hydrogen) atoms. The highest BCUT2D eigenvalue weighted by molar-refractivity contribution is 7.16. The van der Waals surface area contributed by atoms with Crippen LogP contribution in [0.3, 0.4) is 0 Å². The van der Waals surface area contributed by atoms with Crippen molar-refractivity contribution in [3.05, 3.63) is 17.0 Å². The Hall–Kier alpha value is -1.07. The van der Waals surface area contributed by atoms with Gasteiger partial charge in [0.1, 0.15) is 0 Å². The molecule has 1 saturated heterocycles. The van der Waals surface area contributed by atoms with Crippen molar-refractivity contribution in [2.24, 2.45) is 0 Å². The highest BCUT2D eigenvalue weighted by Gasteiger charge is 2.22. The van der Waals surface area contributed by atoms with Gasteiger partial charge in [-0.05, 0) is 31.9 Å². The normalized spacial score (nSPS) is 20.9. The number of urea groups is 1. The van der Waals surface area contributed by atoms with Gasteiger partial charge >= 0.3 is 6.03 Å². The summed E-state index contributed by atoms with van der Waals surface area (Å²) in [4.78, 5) is 14.7. The molecule has 1 unspecified atom stereocenters. The predicted molar refractivity (Wildman–Crippen MR) is 64.9 cm³/mol. The number of likely N-dealkylation sites (tertiary alicyclic amines) is 1. The summed E-state index contributed by atoms with van der Waals surface area (Å²) in [6.07, 6.45) is 1.30. The van der Waals surface area contributed by atoms with Gasteiger partial charge in [-0.3, -0.25) is 5.32 Å². The molecule has 1 aromatic rings. The number of amides is 2. The number of nitrogens with zero attached hydrogens (tertiary/aromatic N) is 1. The van der Waals surface area contributed by atoms with E-state index in [2.05, 4.69) is 5.32 Å². The van der Waals surface area contributed by atoms with Crippen LogP contribution in [0.5, 0.6) is 0 Å². The number of β-amino-alcohol motifs (C(OH)–C–C–N with tert-alkyl or cyclic N) is 1. The Bertz CT molecular complexity index is 378. The van der Waals surface area contributed by atoms with Crippen LogP contribution in [-0.4, -0.2) is 35.2 Å². The van der Waals surface area contributed by atoms with Crippen molar-refractivity contribution in [1.29, 1.82) is 0 Å². The zero-order valence-electron chi connectivity index (χ0n) is 9.27. The van der Waals surface area contributed by atoms with Gasteiger partial charge < -0.3 is 10.0 Å². The molecule has 0 aliphatic carbocycles. The van der Waals surface area contributed by atoms with Crippen LogP contribution in [0.15, 0.2) is 12.1 Å². The van der Waals surface area contributed by atoms with E-state index in [4.69, 9.17) is 0 Å². The van der Waals surface area contributed by atoms with Crippen molar-refractivity contribution in [2.75, 3.05) is 18.4 Å². The first-order valence-electron chi connectivity index (χ1n) is 5.45. The molecule has 0 radical (unpaired) electrons. The Balaban J connectivity index is 1.92. The third-order valence-corrected chi connectivity index (χ3v) is 3.57. The first-order chi connectivity index (χ1) is 7.65. The molecule has 2 heterocycles. The summed E-state index contributed by atoms with van der Waals surface area (Å²) in [5, 5.41) is 13.2. The number of aliphatic hydroxyl groups excluding tert-OH is 1. The molecule has 2 N–H and O–H groups in total. The molecular formula is C11H16N2O2S. The van der Waals surface area contributed by atoms with Gasteiger partial charge in [-0.1, -0.05) is 0 Å². The van der Waals surface area contributed by atoms with Crippen molar-refractivity contribution in [3.63, 3.8) is 0 Å². The molecule has 0 spiro atoms. The van der Waals surface area contributed by atoms with Gasteiger partial charge in [0.25, 0.3) is 0 Å². The average molecular weight is 240 g/mol. The molecule has 1 fully saturated rings. The fourth-order valence-electron chi connectivity index (χ4n) is 1.83. The molecular weight excluding hydrogens is 224 g/mol. The molecule has 1 atom stereocenters. The first-order valence-corrected chi connectivity index (χ1v) is 6.27. The van der Waals surface area contributed by atoms with E-state index >= 15 is 0 Å². The molecule has 0 aromatic carbocycles. The lowest BCUT2D eigenvalue weighted by atomic mass is 10.1. The maximum Gasteiger partial charge on any atom is 0.322 e. The number of anilines is 1. The molecule has 1 aliphatic rings. The number of hydrogen-bond donors (Lipinski definition) is 2. The van der Waals surface area contributed by atoms with Gasteiger partial charge in [0.05, 0.1) is 11.1 Å². The second-order valence-corrected chi connectivity index (χ2v) is 5.37. The molecule has 2 amide bonds. The zero-order chi connectivity index (χ0) is 11.5. The van der Waals surface area contributed by atoms with E-state index in [-0.39, 0.29) is 12.1 Å². The SMILES string of the molecule is Cc1ccc(NC(=O)N2CCCC(O)C2)s1. The summed E-state index contributed by atoms with van der Waals surface area (Å²) in [6, 6.07) is 3.77. The number of piperidine rings is 1. The summed E-state index contributed by atoms with van der Waals surface area (Å²) in [6.45, 7) is 3.18. The highest BCUT2D eigenvalue weighted by Crippen LogP contribution is 2.21. The van der Waals surface area contributed by atoms with Crippen LogP contribution in [0.2, 0.25) is 0 Å². The lowest BCUT2D eigenvalue weighted by Gasteiger charge is -2.29. The Morgan fingerprint density at radius 2 is 2.44 bits per heavy atom. The van der Waals surface area contributed by atoms with Crippen LogP contribution < -0.4 is 5.32 Å². The van der Waals surface area contributed by atoms with Crippen LogP contribution in [-0.2, 0) is 0 Å². The minimum Gasteiger partial charge on any atom is -0.391 e. The number of rotatable bonds is 1. The predicted octanol–water partition coefficient (Wildman–Crippen LogP) is 2.05. The first kappa shape index (κ1) is 11.4. The van der Waals surface area contributed by atoms with Crippen molar-refractivity contribution in [2.45, 2.75) is 25.9 Å². The topological polar surface area (TPSA) is 52.6 Å². The Labute approximate surface area is 98.9 Å². The van der Waals surface area contributed by atoms with E-state index in [1.807, 2.05) is 19.1 Å². The fraction of sp³-hybridized carbons (Fsp3) is 0.545. The van der Waals surface area contributed by atoms with E-state index in [9.17, 15) is 9.90 Å². The maximum absolute atomic E-state index is 11.8. The number of carbonyl (C=O) groups excluding carboxylic acids is 1. The Kier molecular flexibility index (Phi) is 3.46. The number of nitrogens with one attached hydrogen (secondary N) is 1. The standard InChI is InChI=1S/C11H16N2O2S/c1-8-4-5-10(16-8)12-11(15)13-6-2-3-9(14)7-13/h4-5,9,14H,2-3,6-7H2,1H3,(H,12,15). The number of hydrogen-bond acceptors (Lipinski definition) is 3. The summed E-state index contributed by atoms with van der Waals surface area (Å²) < 4.78 is 0. The number of carbonyl (C=O) groups is 1. The van der Waals surface area contributed by atoms with E-state index in [1.165, 1.54) is 4.88 Å². The summed E-state index contributed by atoms with van der Waals surface area (Å²) >= 11 is 1.56. The summed E-state index contributed by atoms with van der Waals surface area (Å²) in [5.74, 6) is 0. The van der Waals surface area contributed by atoms with Gasteiger partial charge in [0, 0.05) is 18.0 Å². The second-order valence-electron chi connectivity index (χ2n) is 4.08. The highest BCUT2D eigenvalue weighted by atomic mass is 32.1. The minimum atomic E-state index is -0.371. The molecule has 2 rings (SSSR count). The zero-order valence-corrected chi connectivity index (χ0v) is 10.1. The van der Waals surface area contributed by atoms with Crippen LogP contribution in [0, 0.1) is 6.92 Å². The molecule has 0 saturated carbocycles. The van der Waals surface area contributed by atoms with Crippen molar-refractivity contribution >= 4 is 22.4 Å². The number of aliphatic hydroxyl groups is 1. The molecule has 0 bridgehead atoms. The van der Waals surface area contributed by atoms with Gasteiger partial charge in [0.15, 0.2) is 0 Å². The van der Waals surface area contributed by atoms with Crippen molar-refractivity contribution < 1.29 is 9.90 Å². The van der Waals surface area contributed by atoms with Gasteiger partial charge in [-0.2, -0.15) is 0 Å². The maximum atomic E-state index is 11.8. The molecule has 1 aliphatic heterocycles. The van der Waals surface area contributed by atoms with Crippen LogP contribution in [0.4, 0.5) is 9.80 Å². The summed E-state index contributed by atoms with van der Waals surface area (Å²) in [5.41, 5.74) is 0. The van der Waals surface area contributed by atoms with Crippen LogP contribution >= 0.6 is 11.3 Å². The molecule has 4 nitrogen and oxygen atoms in total. The molecule has 1 aromatic heterocycles.